The van der Waals surface area contributed by atoms with Crippen LogP contribution in [0.5, 0.6) is 0 Å². The number of nitrogens with zero attached hydrogens (tertiary/aromatic N) is 2. The molecule has 0 aromatic carbocycles. The summed E-state index contributed by atoms with van der Waals surface area (Å²) in [6, 6.07) is 0.881. The molecular weight excluding hydrogens is 360 g/mol. The number of nitrogens with two attached hydrogens (primary N) is 2. The highest BCUT2D eigenvalue weighted by molar-refractivity contribution is 7.87. The molecule has 0 saturated carbocycles. The maximum atomic E-state index is 11.9. The van der Waals surface area contributed by atoms with Gasteiger partial charge in [-0.2, -0.15) is 8.42 Å². The van der Waals surface area contributed by atoms with Crippen LogP contribution in [0.15, 0.2) is 12.3 Å². The molecule has 1 atom stereocenters. The van der Waals surface area contributed by atoms with Gasteiger partial charge >= 0.3 is 16.2 Å². The van der Waals surface area contributed by atoms with Crippen molar-refractivity contribution in [1.29, 1.82) is 0 Å². The summed E-state index contributed by atoms with van der Waals surface area (Å²) in [6.45, 7) is 2.51. The first-order valence-corrected chi connectivity index (χ1v) is 8.65. The normalized spacial score (nSPS) is 17.2. The van der Waals surface area contributed by atoms with Crippen molar-refractivity contribution in [3.63, 3.8) is 0 Å². The molecule has 0 spiro atoms. The van der Waals surface area contributed by atoms with Crippen molar-refractivity contribution in [2.75, 3.05) is 13.1 Å². The SMILES string of the molecule is C[C@@H](N)C(=O)N1CCC(c2ccn(S(N)(=O)=O)c2C(=O)O)CC1.Cl. The Labute approximate surface area is 146 Å². The summed E-state index contributed by atoms with van der Waals surface area (Å²) in [7, 11) is -4.18. The van der Waals surface area contributed by atoms with Gasteiger partial charge in [-0.15, -0.1) is 12.4 Å². The molecule has 136 valence electrons. The second kappa shape index (κ2) is 7.51. The van der Waals surface area contributed by atoms with Gasteiger partial charge in [0.25, 0.3) is 0 Å². The van der Waals surface area contributed by atoms with E-state index in [1.54, 1.807) is 11.8 Å². The second-order valence-corrected chi connectivity index (χ2v) is 7.08. The Morgan fingerprint density at radius 2 is 1.88 bits per heavy atom. The topological polar surface area (TPSA) is 149 Å². The summed E-state index contributed by atoms with van der Waals surface area (Å²) in [5.41, 5.74) is 5.65. The van der Waals surface area contributed by atoms with E-state index < -0.39 is 22.2 Å². The summed E-state index contributed by atoms with van der Waals surface area (Å²) in [5, 5.41) is 14.4. The molecule has 0 aliphatic carbocycles. The molecule has 5 N–H and O–H groups in total. The molecule has 0 unspecified atom stereocenters. The largest absolute Gasteiger partial charge is 0.477 e. The number of carbonyl (C=O) groups is 2. The molecule has 11 heteroatoms. The van der Waals surface area contributed by atoms with Crippen LogP contribution < -0.4 is 10.9 Å². The first kappa shape index (κ1) is 20.4. The number of aromatic nitrogens is 1. The fraction of sp³-hybridized carbons (Fsp3) is 0.538. The van der Waals surface area contributed by atoms with Gasteiger partial charge in [-0.05, 0) is 37.3 Å². The molecule has 1 amide bonds. The molecular formula is C13H21ClN4O5S. The van der Waals surface area contributed by atoms with Crippen molar-refractivity contribution in [2.24, 2.45) is 10.9 Å². The second-order valence-electron chi connectivity index (χ2n) is 5.65. The molecule has 1 aromatic heterocycles. The summed E-state index contributed by atoms with van der Waals surface area (Å²) in [4.78, 5) is 24.9. The van der Waals surface area contributed by atoms with Crippen LogP contribution in [-0.4, -0.2) is 53.4 Å². The molecule has 9 nitrogen and oxygen atoms in total. The van der Waals surface area contributed by atoms with Gasteiger partial charge in [0, 0.05) is 19.3 Å². The maximum absolute atomic E-state index is 11.9. The van der Waals surface area contributed by atoms with Gasteiger partial charge < -0.3 is 15.7 Å². The Kier molecular flexibility index (Phi) is 6.39. The van der Waals surface area contributed by atoms with Crippen molar-refractivity contribution in [3.8, 4) is 0 Å². The van der Waals surface area contributed by atoms with Crippen LogP contribution in [0.25, 0.3) is 0 Å². The number of halogens is 1. The number of hydrogen-bond acceptors (Lipinski definition) is 5. The average Bonchev–Trinajstić information content (AvgIpc) is 2.91. The van der Waals surface area contributed by atoms with E-state index in [1.165, 1.54) is 6.07 Å². The van der Waals surface area contributed by atoms with Gasteiger partial charge in [-0.25, -0.2) is 13.9 Å². The number of hydrogen-bond donors (Lipinski definition) is 3. The van der Waals surface area contributed by atoms with Crippen molar-refractivity contribution >= 4 is 34.5 Å². The molecule has 1 fully saturated rings. The third-order valence-electron chi connectivity index (χ3n) is 4.00. The average molecular weight is 381 g/mol. The Balaban J connectivity index is 0.00000288. The molecule has 1 aromatic rings. The highest BCUT2D eigenvalue weighted by Gasteiger charge is 2.30. The van der Waals surface area contributed by atoms with E-state index in [9.17, 15) is 23.1 Å². The maximum Gasteiger partial charge on any atom is 0.353 e. The van der Waals surface area contributed by atoms with Gasteiger partial charge in [-0.3, -0.25) is 4.79 Å². The molecule has 2 rings (SSSR count). The minimum absolute atomic E-state index is 0. The van der Waals surface area contributed by atoms with E-state index in [2.05, 4.69) is 0 Å². The Morgan fingerprint density at radius 1 is 1.33 bits per heavy atom. The minimum atomic E-state index is -4.18. The Bertz CT molecular complexity index is 723. The molecule has 1 saturated heterocycles. The lowest BCUT2D eigenvalue weighted by atomic mass is 9.89. The summed E-state index contributed by atoms with van der Waals surface area (Å²) < 4.78 is 23.5. The third-order valence-corrected chi connectivity index (χ3v) is 4.85. The van der Waals surface area contributed by atoms with Crippen LogP contribution >= 0.6 is 12.4 Å². The van der Waals surface area contributed by atoms with Crippen LogP contribution in [0.4, 0.5) is 0 Å². The predicted octanol–water partition coefficient (Wildman–Crippen LogP) is -0.287. The van der Waals surface area contributed by atoms with Gasteiger partial charge in [0.2, 0.25) is 5.91 Å². The van der Waals surface area contributed by atoms with Gasteiger partial charge in [-0.1, -0.05) is 0 Å². The number of aromatic carboxylic acids is 1. The minimum Gasteiger partial charge on any atom is -0.477 e. The number of carbonyl (C=O) groups excluding carboxylic acids is 1. The summed E-state index contributed by atoms with van der Waals surface area (Å²) in [6.07, 6.45) is 2.22. The van der Waals surface area contributed by atoms with Crippen molar-refractivity contribution < 1.29 is 23.1 Å². The molecule has 1 aliphatic heterocycles. The zero-order valence-electron chi connectivity index (χ0n) is 13.1. The zero-order chi connectivity index (χ0) is 17.4. The number of rotatable bonds is 4. The number of amides is 1. The highest BCUT2D eigenvalue weighted by Crippen LogP contribution is 2.31. The zero-order valence-corrected chi connectivity index (χ0v) is 14.7. The van der Waals surface area contributed by atoms with E-state index in [0.29, 0.717) is 35.5 Å². The van der Waals surface area contributed by atoms with Crippen molar-refractivity contribution in [1.82, 2.24) is 8.87 Å². The fourth-order valence-electron chi connectivity index (χ4n) is 2.89. The van der Waals surface area contributed by atoms with E-state index in [0.717, 1.165) is 6.20 Å². The molecule has 1 aliphatic rings. The fourth-order valence-corrected chi connectivity index (χ4v) is 3.56. The standard InChI is InChI=1S/C13H20N4O5S.ClH/c1-8(14)12(18)16-5-2-9(3-6-16)10-4-7-17(23(15,21)22)11(10)13(19)20;/h4,7-9H,2-3,5-6,14H2,1H3,(H,19,20)(H2,15,21,22);1H/t8-;/m1./s1. The van der Waals surface area contributed by atoms with Crippen LogP contribution in [0.2, 0.25) is 0 Å². The molecule has 2 heterocycles. The number of carboxylic acids is 1. The van der Waals surface area contributed by atoms with Crippen LogP contribution in [0, 0.1) is 0 Å². The predicted molar refractivity (Wildman–Crippen MR) is 89.3 cm³/mol. The Hall–Kier alpha value is -1.62. The van der Waals surface area contributed by atoms with E-state index in [1.807, 2.05) is 0 Å². The molecule has 0 radical (unpaired) electrons. The lowest BCUT2D eigenvalue weighted by Crippen LogP contribution is -2.45. The molecule has 0 bridgehead atoms. The van der Waals surface area contributed by atoms with Gasteiger partial charge in [0.05, 0.1) is 6.04 Å². The summed E-state index contributed by atoms with van der Waals surface area (Å²) >= 11 is 0. The Morgan fingerprint density at radius 3 is 2.29 bits per heavy atom. The highest BCUT2D eigenvalue weighted by atomic mass is 35.5. The number of piperidine rings is 1. The van der Waals surface area contributed by atoms with Gasteiger partial charge in [0.15, 0.2) is 0 Å². The van der Waals surface area contributed by atoms with E-state index in [-0.39, 0.29) is 29.9 Å². The lowest BCUT2D eigenvalue weighted by Gasteiger charge is -2.33. The van der Waals surface area contributed by atoms with Crippen LogP contribution in [-0.2, 0) is 15.0 Å². The van der Waals surface area contributed by atoms with Crippen molar-refractivity contribution in [3.05, 3.63) is 23.5 Å². The first-order valence-electron chi connectivity index (χ1n) is 7.15. The van der Waals surface area contributed by atoms with Gasteiger partial charge in [0.1, 0.15) is 5.69 Å². The first-order chi connectivity index (χ1) is 10.6. The third kappa shape index (κ3) is 4.07. The number of carboxylic acid groups (broad SMARTS) is 1. The van der Waals surface area contributed by atoms with E-state index in [4.69, 9.17) is 10.9 Å². The smallest absolute Gasteiger partial charge is 0.353 e. The number of likely N-dealkylation sites (tertiary alicyclic amines) is 1. The molecule has 24 heavy (non-hydrogen) atoms. The van der Waals surface area contributed by atoms with Crippen LogP contribution in [0.1, 0.15) is 41.7 Å². The monoisotopic (exact) mass is 380 g/mol. The van der Waals surface area contributed by atoms with Crippen LogP contribution in [0.3, 0.4) is 0 Å². The quantitative estimate of drug-likeness (QED) is 0.653. The summed E-state index contributed by atoms with van der Waals surface area (Å²) in [5.74, 6) is -1.65. The van der Waals surface area contributed by atoms with Crippen molar-refractivity contribution in [2.45, 2.75) is 31.7 Å². The lowest BCUT2D eigenvalue weighted by molar-refractivity contribution is -0.133. The van der Waals surface area contributed by atoms with E-state index >= 15 is 0 Å².